The van der Waals surface area contributed by atoms with E-state index in [9.17, 15) is 13.2 Å². The van der Waals surface area contributed by atoms with Crippen LogP contribution < -0.4 is 0 Å². The van der Waals surface area contributed by atoms with E-state index in [4.69, 9.17) is 8.92 Å². The van der Waals surface area contributed by atoms with Gasteiger partial charge in [-0.1, -0.05) is 72.8 Å². The summed E-state index contributed by atoms with van der Waals surface area (Å²) in [5.74, 6) is 0.417. The molecular formula is C24H30O5S2. The number of allylic oxidation sites excluding steroid dienone is 1. The summed E-state index contributed by atoms with van der Waals surface area (Å²) in [6.07, 6.45) is 2.14. The number of hydrogen-bond acceptors (Lipinski definition) is 6. The number of thioether (sulfide) groups is 1. The molecule has 0 bridgehead atoms. The maximum absolute atomic E-state index is 12.5. The van der Waals surface area contributed by atoms with E-state index in [2.05, 4.69) is 0 Å². The Hall–Kier alpha value is -1.93. The van der Waals surface area contributed by atoms with Gasteiger partial charge in [0.25, 0.3) is 10.1 Å². The fraction of sp³-hybridized carbons (Fsp3) is 0.375. The average molecular weight is 463 g/mol. The SMILES string of the molecule is C/C=C(\C(=O)SCC)[C@H](CCOS(=O)(=O)c1ccc(C)cc1)COCc1ccccc1. The van der Waals surface area contributed by atoms with E-state index >= 15 is 0 Å². The Kier molecular flexibility index (Phi) is 10.5. The number of ether oxygens (including phenoxy) is 1. The van der Waals surface area contributed by atoms with Gasteiger partial charge in [0.05, 0.1) is 24.7 Å². The zero-order chi connectivity index (χ0) is 22.7. The fourth-order valence-corrected chi connectivity index (χ4v) is 4.66. The quantitative estimate of drug-likeness (QED) is 0.321. The van der Waals surface area contributed by atoms with Gasteiger partial charge in [-0.05, 0) is 43.7 Å². The second-order valence-electron chi connectivity index (χ2n) is 7.04. The van der Waals surface area contributed by atoms with Crippen molar-refractivity contribution >= 4 is 27.0 Å². The third-order valence-electron chi connectivity index (χ3n) is 4.71. The van der Waals surface area contributed by atoms with E-state index in [0.717, 1.165) is 11.1 Å². The number of carbonyl (C=O) groups is 1. The summed E-state index contributed by atoms with van der Waals surface area (Å²) >= 11 is 1.24. The van der Waals surface area contributed by atoms with Gasteiger partial charge in [-0.3, -0.25) is 8.98 Å². The third kappa shape index (κ3) is 8.26. The molecule has 0 aliphatic rings. The molecule has 0 aliphatic carbocycles. The van der Waals surface area contributed by atoms with Crippen molar-refractivity contribution in [3.05, 3.63) is 77.4 Å². The van der Waals surface area contributed by atoms with Crippen LogP contribution in [0.25, 0.3) is 0 Å². The van der Waals surface area contributed by atoms with Crippen molar-refractivity contribution in [3.63, 3.8) is 0 Å². The summed E-state index contributed by atoms with van der Waals surface area (Å²) in [5.41, 5.74) is 2.64. The highest BCUT2D eigenvalue weighted by Crippen LogP contribution is 2.24. The van der Waals surface area contributed by atoms with E-state index in [-0.39, 0.29) is 22.5 Å². The highest BCUT2D eigenvalue weighted by molar-refractivity contribution is 8.14. The van der Waals surface area contributed by atoms with Crippen LogP contribution in [0, 0.1) is 12.8 Å². The molecule has 0 spiro atoms. The molecule has 0 fully saturated rings. The van der Waals surface area contributed by atoms with Crippen LogP contribution in [0.1, 0.15) is 31.4 Å². The molecule has 31 heavy (non-hydrogen) atoms. The van der Waals surface area contributed by atoms with Crippen LogP contribution in [0.4, 0.5) is 0 Å². The maximum atomic E-state index is 12.5. The second-order valence-corrected chi connectivity index (χ2v) is 9.89. The Morgan fingerprint density at radius 3 is 2.39 bits per heavy atom. The van der Waals surface area contributed by atoms with Crippen molar-refractivity contribution in [2.45, 2.75) is 38.7 Å². The predicted octanol–water partition coefficient (Wildman–Crippen LogP) is 5.15. The maximum Gasteiger partial charge on any atom is 0.296 e. The van der Waals surface area contributed by atoms with Crippen LogP contribution in [0.3, 0.4) is 0 Å². The molecular weight excluding hydrogens is 432 g/mol. The van der Waals surface area contributed by atoms with Gasteiger partial charge >= 0.3 is 0 Å². The first-order valence-corrected chi connectivity index (χ1v) is 12.7. The minimum Gasteiger partial charge on any atom is -0.376 e. The Morgan fingerprint density at radius 2 is 1.77 bits per heavy atom. The summed E-state index contributed by atoms with van der Waals surface area (Å²) in [5, 5.41) is -0.0142. The lowest BCUT2D eigenvalue weighted by atomic mass is 9.97. The summed E-state index contributed by atoms with van der Waals surface area (Å²) in [6.45, 7) is 6.33. The first-order valence-electron chi connectivity index (χ1n) is 10.3. The Balaban J connectivity index is 2.03. The van der Waals surface area contributed by atoms with Crippen molar-refractivity contribution in [2.24, 2.45) is 5.92 Å². The Labute approximate surface area is 190 Å². The molecule has 0 unspecified atom stereocenters. The van der Waals surface area contributed by atoms with Gasteiger partial charge < -0.3 is 4.74 Å². The van der Waals surface area contributed by atoms with Crippen LogP contribution in [-0.2, 0) is 30.4 Å². The molecule has 0 heterocycles. The standard InChI is InChI=1S/C24H30O5S2/c1-4-23(24(25)30-5-2)21(18-28-17-20-9-7-6-8-10-20)15-16-29-31(26,27)22-13-11-19(3)12-14-22/h4,6-14,21H,5,15-18H2,1-3H3/b23-4-/t21-/m1/s1. The monoisotopic (exact) mass is 462 g/mol. The minimum absolute atomic E-state index is 0.0142. The van der Waals surface area contributed by atoms with Crippen molar-refractivity contribution in [1.82, 2.24) is 0 Å². The largest absolute Gasteiger partial charge is 0.376 e. The number of aryl methyl sites for hydroxylation is 1. The Bertz CT molecular complexity index is 951. The van der Waals surface area contributed by atoms with Crippen molar-refractivity contribution in [1.29, 1.82) is 0 Å². The van der Waals surface area contributed by atoms with Gasteiger partial charge in [0, 0.05) is 11.5 Å². The molecule has 0 radical (unpaired) electrons. The van der Waals surface area contributed by atoms with Crippen LogP contribution in [0.5, 0.6) is 0 Å². The topological polar surface area (TPSA) is 69.7 Å². The molecule has 2 rings (SSSR count). The van der Waals surface area contributed by atoms with Gasteiger partial charge in [0.2, 0.25) is 5.12 Å². The molecule has 0 N–H and O–H groups in total. The van der Waals surface area contributed by atoms with Crippen molar-refractivity contribution in [2.75, 3.05) is 19.0 Å². The van der Waals surface area contributed by atoms with E-state index in [1.165, 1.54) is 23.9 Å². The molecule has 2 aromatic carbocycles. The molecule has 0 saturated carbocycles. The molecule has 0 aliphatic heterocycles. The normalized spacial score (nSPS) is 13.2. The molecule has 1 atom stereocenters. The van der Waals surface area contributed by atoms with E-state index in [1.807, 2.05) is 51.1 Å². The van der Waals surface area contributed by atoms with Gasteiger partial charge in [-0.25, -0.2) is 0 Å². The first kappa shape index (κ1) is 25.3. The van der Waals surface area contributed by atoms with Crippen LogP contribution >= 0.6 is 11.8 Å². The van der Waals surface area contributed by atoms with E-state index < -0.39 is 10.1 Å². The second kappa shape index (κ2) is 12.8. The lowest BCUT2D eigenvalue weighted by Crippen LogP contribution is -2.20. The molecule has 5 nitrogen and oxygen atoms in total. The predicted molar refractivity (Wildman–Crippen MR) is 125 cm³/mol. The first-order chi connectivity index (χ1) is 14.9. The number of rotatable bonds is 12. The summed E-state index contributed by atoms with van der Waals surface area (Å²) in [4.78, 5) is 12.7. The molecule has 2 aromatic rings. The molecule has 0 saturated heterocycles. The number of benzene rings is 2. The van der Waals surface area contributed by atoms with Crippen molar-refractivity contribution < 1.29 is 22.1 Å². The van der Waals surface area contributed by atoms with Gasteiger partial charge in [-0.15, -0.1) is 0 Å². The highest BCUT2D eigenvalue weighted by Gasteiger charge is 2.23. The Morgan fingerprint density at radius 1 is 1.10 bits per heavy atom. The molecule has 168 valence electrons. The van der Waals surface area contributed by atoms with Crippen LogP contribution in [0.15, 0.2) is 71.1 Å². The number of hydrogen-bond donors (Lipinski definition) is 0. The summed E-state index contributed by atoms with van der Waals surface area (Å²) < 4.78 is 36.0. The van der Waals surface area contributed by atoms with Gasteiger partial charge in [0.1, 0.15) is 0 Å². The van der Waals surface area contributed by atoms with E-state index in [1.54, 1.807) is 18.2 Å². The smallest absolute Gasteiger partial charge is 0.296 e. The minimum atomic E-state index is -3.85. The van der Waals surface area contributed by atoms with Crippen molar-refractivity contribution in [3.8, 4) is 0 Å². The molecule has 0 amide bonds. The van der Waals surface area contributed by atoms with E-state index in [0.29, 0.717) is 31.0 Å². The average Bonchev–Trinajstić information content (AvgIpc) is 2.75. The van der Waals surface area contributed by atoms with Crippen LogP contribution in [-0.4, -0.2) is 32.5 Å². The van der Waals surface area contributed by atoms with Gasteiger partial charge in [0.15, 0.2) is 0 Å². The molecule has 0 aromatic heterocycles. The lowest BCUT2D eigenvalue weighted by molar-refractivity contribution is -0.108. The highest BCUT2D eigenvalue weighted by atomic mass is 32.2. The fourth-order valence-electron chi connectivity index (χ4n) is 3.03. The summed E-state index contributed by atoms with van der Waals surface area (Å²) in [7, 11) is -3.85. The van der Waals surface area contributed by atoms with Crippen LogP contribution in [0.2, 0.25) is 0 Å². The summed E-state index contributed by atoms with van der Waals surface area (Å²) in [6, 6.07) is 16.3. The number of carbonyl (C=O) groups excluding carboxylic acids is 1. The molecule has 7 heteroatoms. The third-order valence-corrected chi connectivity index (χ3v) is 6.82. The van der Waals surface area contributed by atoms with Gasteiger partial charge in [-0.2, -0.15) is 8.42 Å². The zero-order valence-electron chi connectivity index (χ0n) is 18.2. The lowest BCUT2D eigenvalue weighted by Gasteiger charge is -2.19. The zero-order valence-corrected chi connectivity index (χ0v) is 19.9.